The molecule has 88 valence electrons. The standard InChI is InChI=1S/C10H20N2O3/c1-7(2)8(5-11)12-10(13)9-6-14-3-4-15-9/h7-9H,3-6,11H2,1-2H3,(H,12,13). The number of carbonyl (C=O) groups is 1. The molecule has 1 rings (SSSR count). The second-order valence-corrected chi connectivity index (χ2v) is 4.03. The van der Waals surface area contributed by atoms with Crippen molar-refractivity contribution >= 4 is 5.91 Å². The van der Waals surface area contributed by atoms with Gasteiger partial charge in [-0.1, -0.05) is 13.8 Å². The average molecular weight is 216 g/mol. The minimum Gasteiger partial charge on any atom is -0.376 e. The summed E-state index contributed by atoms with van der Waals surface area (Å²) in [6.07, 6.45) is -0.480. The van der Waals surface area contributed by atoms with Gasteiger partial charge in [0.15, 0.2) is 6.10 Å². The third kappa shape index (κ3) is 3.77. The molecule has 2 atom stereocenters. The highest BCUT2D eigenvalue weighted by Gasteiger charge is 2.25. The van der Waals surface area contributed by atoms with Crippen molar-refractivity contribution in [2.45, 2.75) is 26.0 Å². The normalized spacial score (nSPS) is 23.9. The number of amides is 1. The molecular weight excluding hydrogens is 196 g/mol. The van der Waals surface area contributed by atoms with Crippen molar-refractivity contribution in [3.63, 3.8) is 0 Å². The molecule has 1 heterocycles. The molecule has 0 bridgehead atoms. The van der Waals surface area contributed by atoms with Crippen LogP contribution in [0.15, 0.2) is 0 Å². The van der Waals surface area contributed by atoms with E-state index in [-0.39, 0.29) is 11.9 Å². The van der Waals surface area contributed by atoms with E-state index in [1.54, 1.807) is 0 Å². The second-order valence-electron chi connectivity index (χ2n) is 4.03. The van der Waals surface area contributed by atoms with Crippen molar-refractivity contribution in [3.8, 4) is 0 Å². The zero-order chi connectivity index (χ0) is 11.3. The predicted octanol–water partition coefficient (Wildman–Crippen LogP) is -0.499. The summed E-state index contributed by atoms with van der Waals surface area (Å²) >= 11 is 0. The number of rotatable bonds is 4. The van der Waals surface area contributed by atoms with E-state index in [0.29, 0.717) is 32.3 Å². The lowest BCUT2D eigenvalue weighted by molar-refractivity contribution is -0.148. The largest absolute Gasteiger partial charge is 0.376 e. The monoisotopic (exact) mass is 216 g/mol. The summed E-state index contributed by atoms with van der Waals surface area (Å²) in [5.41, 5.74) is 5.56. The van der Waals surface area contributed by atoms with Gasteiger partial charge in [-0.05, 0) is 5.92 Å². The molecule has 0 aromatic heterocycles. The first-order valence-corrected chi connectivity index (χ1v) is 5.35. The molecule has 0 aromatic rings. The maximum atomic E-state index is 11.7. The number of hydrogen-bond acceptors (Lipinski definition) is 4. The number of hydrogen-bond donors (Lipinski definition) is 2. The van der Waals surface area contributed by atoms with Gasteiger partial charge in [0.2, 0.25) is 0 Å². The van der Waals surface area contributed by atoms with Gasteiger partial charge in [-0.3, -0.25) is 4.79 Å². The third-order valence-corrected chi connectivity index (χ3v) is 2.49. The van der Waals surface area contributed by atoms with Gasteiger partial charge in [0, 0.05) is 12.6 Å². The smallest absolute Gasteiger partial charge is 0.251 e. The zero-order valence-electron chi connectivity index (χ0n) is 9.36. The van der Waals surface area contributed by atoms with Crippen LogP contribution in [-0.4, -0.2) is 44.4 Å². The number of nitrogens with two attached hydrogens (primary N) is 1. The van der Waals surface area contributed by atoms with Crippen molar-refractivity contribution in [1.29, 1.82) is 0 Å². The molecular formula is C10H20N2O3. The van der Waals surface area contributed by atoms with Gasteiger partial charge in [0.25, 0.3) is 5.91 Å². The van der Waals surface area contributed by atoms with Crippen molar-refractivity contribution in [2.75, 3.05) is 26.4 Å². The second kappa shape index (κ2) is 6.05. The first kappa shape index (κ1) is 12.4. The highest BCUT2D eigenvalue weighted by molar-refractivity contribution is 5.81. The van der Waals surface area contributed by atoms with Crippen LogP contribution >= 0.6 is 0 Å². The summed E-state index contributed by atoms with van der Waals surface area (Å²) in [5, 5.41) is 2.87. The molecule has 0 saturated carbocycles. The van der Waals surface area contributed by atoms with Crippen molar-refractivity contribution in [3.05, 3.63) is 0 Å². The van der Waals surface area contributed by atoms with Gasteiger partial charge in [-0.15, -0.1) is 0 Å². The summed E-state index contributed by atoms with van der Waals surface area (Å²) in [6.45, 7) is 5.87. The first-order chi connectivity index (χ1) is 7.15. The minimum atomic E-state index is -0.480. The van der Waals surface area contributed by atoms with Crippen molar-refractivity contribution < 1.29 is 14.3 Å². The van der Waals surface area contributed by atoms with Crippen LogP contribution in [0.3, 0.4) is 0 Å². The molecule has 15 heavy (non-hydrogen) atoms. The predicted molar refractivity (Wildman–Crippen MR) is 56.4 cm³/mol. The fourth-order valence-electron chi connectivity index (χ4n) is 1.41. The van der Waals surface area contributed by atoms with Crippen molar-refractivity contribution in [1.82, 2.24) is 5.32 Å². The molecule has 3 N–H and O–H groups in total. The lowest BCUT2D eigenvalue weighted by Crippen LogP contribution is -2.50. The van der Waals surface area contributed by atoms with E-state index in [2.05, 4.69) is 5.32 Å². The Labute approximate surface area is 90.3 Å². The Morgan fingerprint density at radius 2 is 2.27 bits per heavy atom. The molecule has 5 heteroatoms. The first-order valence-electron chi connectivity index (χ1n) is 5.35. The van der Waals surface area contributed by atoms with E-state index in [1.807, 2.05) is 13.8 Å². The molecule has 1 amide bonds. The molecule has 0 spiro atoms. The van der Waals surface area contributed by atoms with E-state index < -0.39 is 6.10 Å². The molecule has 1 aliphatic heterocycles. The summed E-state index contributed by atoms with van der Waals surface area (Å²) in [4.78, 5) is 11.7. The van der Waals surface area contributed by atoms with Gasteiger partial charge >= 0.3 is 0 Å². The van der Waals surface area contributed by atoms with Crippen LogP contribution in [-0.2, 0) is 14.3 Å². The van der Waals surface area contributed by atoms with Gasteiger partial charge in [0.05, 0.1) is 19.8 Å². The van der Waals surface area contributed by atoms with Crippen LogP contribution < -0.4 is 11.1 Å². The van der Waals surface area contributed by atoms with E-state index in [9.17, 15) is 4.79 Å². The number of nitrogens with one attached hydrogen (secondary N) is 1. The fourth-order valence-corrected chi connectivity index (χ4v) is 1.41. The number of ether oxygens (including phenoxy) is 2. The molecule has 5 nitrogen and oxygen atoms in total. The topological polar surface area (TPSA) is 73.6 Å². The fraction of sp³-hybridized carbons (Fsp3) is 0.900. The average Bonchev–Trinajstić information content (AvgIpc) is 2.26. The maximum Gasteiger partial charge on any atom is 0.251 e. The maximum absolute atomic E-state index is 11.7. The molecule has 0 radical (unpaired) electrons. The quantitative estimate of drug-likeness (QED) is 0.664. The van der Waals surface area contributed by atoms with Gasteiger partial charge in [-0.25, -0.2) is 0 Å². The highest BCUT2D eigenvalue weighted by atomic mass is 16.6. The third-order valence-electron chi connectivity index (χ3n) is 2.49. The van der Waals surface area contributed by atoms with E-state index >= 15 is 0 Å². The van der Waals surface area contributed by atoms with E-state index in [0.717, 1.165) is 0 Å². The Morgan fingerprint density at radius 1 is 1.53 bits per heavy atom. The summed E-state index contributed by atoms with van der Waals surface area (Å²) in [5.74, 6) is 0.197. The van der Waals surface area contributed by atoms with Gasteiger partial charge < -0.3 is 20.5 Å². The Balaban J connectivity index is 2.38. The summed E-state index contributed by atoms with van der Waals surface area (Å²) in [6, 6.07) is 0.00280. The summed E-state index contributed by atoms with van der Waals surface area (Å²) in [7, 11) is 0. The van der Waals surface area contributed by atoms with Crippen LogP contribution in [0.5, 0.6) is 0 Å². The molecule has 1 saturated heterocycles. The molecule has 1 fully saturated rings. The van der Waals surface area contributed by atoms with Crippen molar-refractivity contribution in [2.24, 2.45) is 11.7 Å². The molecule has 1 aliphatic rings. The Bertz CT molecular complexity index is 203. The van der Waals surface area contributed by atoms with Crippen LogP contribution in [0.25, 0.3) is 0 Å². The lowest BCUT2D eigenvalue weighted by atomic mass is 10.0. The zero-order valence-corrected chi connectivity index (χ0v) is 9.36. The summed E-state index contributed by atoms with van der Waals surface area (Å²) < 4.78 is 10.4. The molecule has 0 aliphatic carbocycles. The lowest BCUT2D eigenvalue weighted by Gasteiger charge is -2.26. The molecule has 2 unspecified atom stereocenters. The number of carbonyl (C=O) groups excluding carboxylic acids is 1. The minimum absolute atomic E-state index is 0.00280. The van der Waals surface area contributed by atoms with Crippen LogP contribution in [0.1, 0.15) is 13.8 Å². The van der Waals surface area contributed by atoms with E-state index in [4.69, 9.17) is 15.2 Å². The van der Waals surface area contributed by atoms with Crippen LogP contribution in [0.2, 0.25) is 0 Å². The Kier molecular flexibility index (Phi) is 5.01. The van der Waals surface area contributed by atoms with E-state index in [1.165, 1.54) is 0 Å². The van der Waals surface area contributed by atoms with Crippen LogP contribution in [0, 0.1) is 5.92 Å². The van der Waals surface area contributed by atoms with Gasteiger partial charge in [0.1, 0.15) is 0 Å². The Hall–Kier alpha value is -0.650. The van der Waals surface area contributed by atoms with Crippen LogP contribution in [0.4, 0.5) is 0 Å². The SMILES string of the molecule is CC(C)C(CN)NC(=O)C1COCCO1. The highest BCUT2D eigenvalue weighted by Crippen LogP contribution is 2.04. The van der Waals surface area contributed by atoms with Gasteiger partial charge in [-0.2, -0.15) is 0 Å². The molecule has 0 aromatic carbocycles. The Morgan fingerprint density at radius 3 is 2.73 bits per heavy atom.